The van der Waals surface area contributed by atoms with Crippen LogP contribution < -0.4 is 0 Å². The molecule has 10 aromatic carbocycles. The highest BCUT2D eigenvalue weighted by Gasteiger charge is 2.19. The number of hydrogen-bond donors (Lipinski definition) is 0. The highest BCUT2D eigenvalue weighted by Crippen LogP contribution is 2.43. The van der Waals surface area contributed by atoms with Gasteiger partial charge in [-0.25, -0.2) is 9.97 Å². The first kappa shape index (κ1) is 34.1. The molecular weight excluding hydrogens is 727 g/mol. The zero-order valence-corrected chi connectivity index (χ0v) is 32.5. The van der Waals surface area contributed by atoms with Gasteiger partial charge in [-0.1, -0.05) is 170 Å². The Balaban J connectivity index is 1.09. The molecule has 60 heavy (non-hydrogen) atoms. The quantitative estimate of drug-likeness (QED) is 0.164. The van der Waals surface area contributed by atoms with Gasteiger partial charge in [-0.2, -0.15) is 0 Å². The van der Waals surface area contributed by atoms with E-state index in [0.29, 0.717) is 5.82 Å². The van der Waals surface area contributed by atoms with Gasteiger partial charge in [-0.3, -0.25) is 4.98 Å². The molecule has 2 heterocycles. The minimum Gasteiger partial charge on any atom is -0.264 e. The summed E-state index contributed by atoms with van der Waals surface area (Å²) in [7, 11) is 0. The maximum absolute atomic E-state index is 5.45. The van der Waals surface area contributed by atoms with Crippen LogP contribution >= 0.6 is 0 Å². The maximum Gasteiger partial charge on any atom is 0.161 e. The lowest BCUT2D eigenvalue weighted by Gasteiger charge is -2.16. The van der Waals surface area contributed by atoms with Crippen LogP contribution in [0.4, 0.5) is 0 Å². The van der Waals surface area contributed by atoms with Crippen LogP contribution in [0.5, 0.6) is 0 Å². The van der Waals surface area contributed by atoms with Crippen LogP contribution in [0.1, 0.15) is 0 Å². The molecule has 12 rings (SSSR count). The van der Waals surface area contributed by atoms with Crippen molar-refractivity contribution in [2.24, 2.45) is 0 Å². The fourth-order valence-electron chi connectivity index (χ4n) is 9.32. The normalized spacial score (nSPS) is 11.7. The van der Waals surface area contributed by atoms with E-state index < -0.39 is 0 Å². The first-order chi connectivity index (χ1) is 29.7. The lowest BCUT2D eigenvalue weighted by atomic mass is 9.89. The van der Waals surface area contributed by atoms with E-state index in [1.807, 2.05) is 18.5 Å². The minimum atomic E-state index is 0.689. The van der Waals surface area contributed by atoms with Crippen molar-refractivity contribution in [2.75, 3.05) is 0 Å². The smallest absolute Gasteiger partial charge is 0.161 e. The summed E-state index contributed by atoms with van der Waals surface area (Å²) in [6.45, 7) is 0. The molecule has 0 N–H and O–H groups in total. The summed E-state index contributed by atoms with van der Waals surface area (Å²) < 4.78 is 0. The van der Waals surface area contributed by atoms with Crippen LogP contribution in [0.2, 0.25) is 0 Å². The van der Waals surface area contributed by atoms with Crippen LogP contribution in [-0.2, 0) is 0 Å². The Morgan fingerprint density at radius 3 is 1.50 bits per heavy atom. The Hall–Kier alpha value is -8.01. The number of pyridine rings is 1. The van der Waals surface area contributed by atoms with Crippen LogP contribution in [0.3, 0.4) is 0 Å². The van der Waals surface area contributed by atoms with E-state index >= 15 is 0 Å². The first-order valence-corrected chi connectivity index (χ1v) is 20.4. The van der Waals surface area contributed by atoms with Gasteiger partial charge in [0.1, 0.15) is 0 Å². The molecule has 0 saturated carbocycles. The fourth-order valence-corrected chi connectivity index (χ4v) is 9.32. The third kappa shape index (κ3) is 5.55. The third-order valence-electron chi connectivity index (χ3n) is 12.1. The lowest BCUT2D eigenvalue weighted by Crippen LogP contribution is -1.98. The molecule has 2 aromatic heterocycles. The second-order valence-corrected chi connectivity index (χ2v) is 15.5. The van der Waals surface area contributed by atoms with E-state index in [9.17, 15) is 0 Å². The van der Waals surface area contributed by atoms with Crippen LogP contribution in [-0.4, -0.2) is 15.0 Å². The molecule has 3 heteroatoms. The molecule has 0 aliphatic heterocycles. The largest absolute Gasteiger partial charge is 0.264 e. The summed E-state index contributed by atoms with van der Waals surface area (Å²) in [6, 6.07) is 72.0. The predicted molar refractivity (Wildman–Crippen MR) is 252 cm³/mol. The monoisotopic (exact) mass is 761 g/mol. The van der Waals surface area contributed by atoms with Crippen molar-refractivity contribution >= 4 is 64.6 Å². The maximum atomic E-state index is 5.45. The number of benzene rings is 10. The predicted octanol–water partition coefficient (Wildman–Crippen LogP) is 15.1. The number of fused-ring (bicyclic) bond motifs is 11. The Labute approximate surface area is 346 Å². The van der Waals surface area contributed by atoms with Gasteiger partial charge in [0.2, 0.25) is 0 Å². The molecular formula is C57H35N3. The van der Waals surface area contributed by atoms with Crippen LogP contribution in [0.25, 0.3) is 121 Å². The van der Waals surface area contributed by atoms with Crippen molar-refractivity contribution in [2.45, 2.75) is 0 Å². The van der Waals surface area contributed by atoms with Crippen molar-refractivity contribution in [1.29, 1.82) is 0 Å². The summed E-state index contributed by atoms with van der Waals surface area (Å²) in [6.07, 6.45) is 3.72. The van der Waals surface area contributed by atoms with Crippen LogP contribution in [0.15, 0.2) is 213 Å². The average molecular weight is 762 g/mol. The van der Waals surface area contributed by atoms with Gasteiger partial charge in [0.15, 0.2) is 5.82 Å². The highest BCUT2D eigenvalue weighted by atomic mass is 14.9. The molecule has 0 spiro atoms. The van der Waals surface area contributed by atoms with E-state index in [1.54, 1.807) is 0 Å². The van der Waals surface area contributed by atoms with Crippen molar-refractivity contribution in [3.05, 3.63) is 213 Å². The minimum absolute atomic E-state index is 0.689. The van der Waals surface area contributed by atoms with Crippen molar-refractivity contribution < 1.29 is 0 Å². The molecule has 3 nitrogen and oxygen atoms in total. The average Bonchev–Trinajstić information content (AvgIpc) is 3.33. The zero-order chi connectivity index (χ0) is 39.6. The molecule has 0 unspecified atom stereocenters. The van der Waals surface area contributed by atoms with E-state index in [2.05, 4.69) is 199 Å². The summed E-state index contributed by atoms with van der Waals surface area (Å²) in [5, 5.41) is 14.7. The Morgan fingerprint density at radius 1 is 0.283 bits per heavy atom. The van der Waals surface area contributed by atoms with Crippen molar-refractivity contribution in [1.82, 2.24) is 15.0 Å². The second kappa shape index (κ2) is 13.8. The van der Waals surface area contributed by atoms with Gasteiger partial charge in [-0.15, -0.1) is 0 Å². The number of aromatic nitrogens is 3. The molecule has 0 atom stereocenters. The molecule has 0 fully saturated rings. The Morgan fingerprint density at radius 2 is 0.800 bits per heavy atom. The molecule has 278 valence electrons. The van der Waals surface area contributed by atoms with Gasteiger partial charge in [0.05, 0.1) is 11.4 Å². The molecule has 0 amide bonds. The lowest BCUT2D eigenvalue weighted by molar-refractivity contribution is 1.19. The van der Waals surface area contributed by atoms with E-state index in [-0.39, 0.29) is 0 Å². The third-order valence-corrected chi connectivity index (χ3v) is 12.1. The van der Waals surface area contributed by atoms with Crippen LogP contribution in [0, 0.1) is 0 Å². The second-order valence-electron chi connectivity index (χ2n) is 15.5. The standard InChI is InChI=1S/C57H35N3/c1-2-17-42-39(13-1)32-51(46-21-5-3-18-43(42)46)36-26-28-37(29-27-36)54-34-55(40-15-11-14-38(31-40)41-16-12-30-58-35-41)60-57(59-54)53-33-52-47-22-6-4-19-44(47)45-20-7-9-24-49(45)56(52)50-25-10-8-23-48(50)53/h1-35H. The van der Waals surface area contributed by atoms with Crippen molar-refractivity contribution in [3.63, 3.8) is 0 Å². The van der Waals surface area contributed by atoms with Gasteiger partial charge in [0.25, 0.3) is 0 Å². The molecule has 0 bridgehead atoms. The van der Waals surface area contributed by atoms with Gasteiger partial charge in [0, 0.05) is 34.6 Å². The summed E-state index contributed by atoms with van der Waals surface area (Å²) in [4.78, 5) is 15.3. The summed E-state index contributed by atoms with van der Waals surface area (Å²) in [5.41, 5.74) is 9.30. The van der Waals surface area contributed by atoms with Gasteiger partial charge in [-0.05, 0) is 112 Å². The number of hydrogen-bond acceptors (Lipinski definition) is 3. The van der Waals surface area contributed by atoms with Gasteiger partial charge < -0.3 is 0 Å². The first-order valence-electron chi connectivity index (χ1n) is 20.4. The molecule has 0 radical (unpaired) electrons. The Bertz CT molecular complexity index is 3650. The topological polar surface area (TPSA) is 38.7 Å². The zero-order valence-electron chi connectivity index (χ0n) is 32.5. The summed E-state index contributed by atoms with van der Waals surface area (Å²) in [5.74, 6) is 0.689. The van der Waals surface area contributed by atoms with Crippen molar-refractivity contribution in [3.8, 4) is 56.2 Å². The molecule has 0 aliphatic rings. The van der Waals surface area contributed by atoms with E-state index in [4.69, 9.17) is 9.97 Å². The molecule has 0 aliphatic carbocycles. The molecule has 12 aromatic rings. The summed E-state index contributed by atoms with van der Waals surface area (Å²) >= 11 is 0. The number of rotatable bonds is 5. The highest BCUT2D eigenvalue weighted by molar-refractivity contribution is 6.33. The SMILES string of the molecule is c1cncc(-c2cccc(-c3cc(-c4ccc(-c5cc6ccccc6c6ccccc56)cc4)nc(-c4cc5c6ccccc6c6ccccc6c5c5ccccc45)n3)c2)c1. The van der Waals surface area contributed by atoms with E-state index in [0.717, 1.165) is 44.6 Å². The number of nitrogens with zero attached hydrogens (tertiary/aromatic N) is 3. The Kier molecular flexibility index (Phi) is 7.85. The molecule has 0 saturated heterocycles. The van der Waals surface area contributed by atoms with Gasteiger partial charge >= 0.3 is 0 Å². The van der Waals surface area contributed by atoms with E-state index in [1.165, 1.54) is 70.4 Å². The fraction of sp³-hybridized carbons (Fsp3) is 0.